The van der Waals surface area contributed by atoms with Crippen LogP contribution in [0.25, 0.3) is 0 Å². The number of hydrogen-bond donors (Lipinski definition) is 0. The standard InChI is InChI=1S/C3H4N2O2/c1-5-2-4-7-3(5)6/h2H,1H3. The van der Waals surface area contributed by atoms with E-state index in [1.54, 1.807) is 7.05 Å². The van der Waals surface area contributed by atoms with Gasteiger partial charge in [0.2, 0.25) is 0 Å². The Morgan fingerprint density at radius 2 is 2.71 bits per heavy atom. The fourth-order valence-electron chi connectivity index (χ4n) is 0.251. The number of aryl methyl sites for hydroxylation is 1. The number of hydrogen-bond acceptors (Lipinski definition) is 3. The summed E-state index contributed by atoms with van der Waals surface area (Å²) in [4.78, 5) is 10.2. The molecule has 0 aliphatic rings. The third kappa shape index (κ3) is 0.534. The Bertz CT molecular complexity index is 199. The Balaban J connectivity index is 3.39. The molecule has 0 amide bonds. The first-order valence-corrected chi connectivity index (χ1v) is 1.78. The highest BCUT2D eigenvalue weighted by molar-refractivity contribution is 4.50. The lowest BCUT2D eigenvalue weighted by Gasteiger charge is -1.71. The Morgan fingerprint density at radius 3 is 2.86 bits per heavy atom. The summed E-state index contributed by atoms with van der Waals surface area (Å²) < 4.78 is 5.37. The number of aromatic nitrogens is 2. The van der Waals surface area contributed by atoms with Crippen LogP contribution in [-0.2, 0) is 7.05 Å². The van der Waals surface area contributed by atoms with Crippen LogP contribution in [0.5, 0.6) is 0 Å². The van der Waals surface area contributed by atoms with Gasteiger partial charge in [0.15, 0.2) is 0 Å². The molecule has 0 aliphatic carbocycles. The molecule has 0 radical (unpaired) electrons. The zero-order valence-corrected chi connectivity index (χ0v) is 3.79. The molecule has 0 atom stereocenters. The summed E-state index contributed by atoms with van der Waals surface area (Å²) in [5.74, 6) is -0.431. The molecule has 38 valence electrons. The quantitative estimate of drug-likeness (QED) is 0.436. The number of rotatable bonds is 0. The van der Waals surface area contributed by atoms with Gasteiger partial charge in [-0.05, 0) is 0 Å². The van der Waals surface area contributed by atoms with Crippen molar-refractivity contribution in [1.82, 2.24) is 9.72 Å². The minimum atomic E-state index is -0.431. The lowest BCUT2D eigenvalue weighted by molar-refractivity contribution is 0.379. The van der Waals surface area contributed by atoms with E-state index in [2.05, 4.69) is 9.68 Å². The van der Waals surface area contributed by atoms with Gasteiger partial charge in [0, 0.05) is 7.05 Å². The van der Waals surface area contributed by atoms with Crippen LogP contribution in [0.15, 0.2) is 15.6 Å². The van der Waals surface area contributed by atoms with Crippen LogP contribution in [-0.4, -0.2) is 9.72 Å². The monoisotopic (exact) mass is 100 g/mol. The maximum atomic E-state index is 10.2. The molecule has 0 unspecified atom stereocenters. The molecule has 0 saturated carbocycles. The first-order chi connectivity index (χ1) is 3.30. The molecular formula is C3H4N2O2. The lowest BCUT2D eigenvalue weighted by Crippen LogP contribution is -2.06. The summed E-state index contributed by atoms with van der Waals surface area (Å²) in [6, 6.07) is 0. The van der Waals surface area contributed by atoms with Crippen molar-refractivity contribution in [3.8, 4) is 0 Å². The van der Waals surface area contributed by atoms with Crippen molar-refractivity contribution in [2.75, 3.05) is 0 Å². The summed E-state index contributed by atoms with van der Waals surface area (Å²) in [6.07, 6.45) is 1.31. The Labute approximate surface area is 39.4 Å². The van der Waals surface area contributed by atoms with Gasteiger partial charge >= 0.3 is 5.76 Å². The first-order valence-electron chi connectivity index (χ1n) is 1.78. The van der Waals surface area contributed by atoms with Gasteiger partial charge in [-0.1, -0.05) is 5.16 Å². The highest BCUT2D eigenvalue weighted by Crippen LogP contribution is 1.62. The van der Waals surface area contributed by atoms with Crippen molar-refractivity contribution >= 4 is 0 Å². The number of nitrogens with zero attached hydrogens (tertiary/aromatic N) is 2. The molecule has 4 heteroatoms. The zero-order valence-electron chi connectivity index (χ0n) is 3.79. The van der Waals surface area contributed by atoms with Crippen molar-refractivity contribution < 1.29 is 4.52 Å². The Morgan fingerprint density at radius 1 is 2.00 bits per heavy atom. The van der Waals surface area contributed by atoms with E-state index in [9.17, 15) is 4.79 Å². The zero-order chi connectivity index (χ0) is 5.28. The molecule has 1 heterocycles. The van der Waals surface area contributed by atoms with Crippen LogP contribution < -0.4 is 5.76 Å². The largest absolute Gasteiger partial charge is 0.441 e. The van der Waals surface area contributed by atoms with Gasteiger partial charge in [0.1, 0.15) is 6.33 Å². The molecule has 1 aromatic heterocycles. The fraction of sp³-hybridized carbons (Fsp3) is 0.333. The molecule has 0 saturated heterocycles. The van der Waals surface area contributed by atoms with Crippen molar-refractivity contribution in [3.05, 3.63) is 16.9 Å². The molecule has 7 heavy (non-hydrogen) atoms. The van der Waals surface area contributed by atoms with Crippen molar-refractivity contribution in [1.29, 1.82) is 0 Å². The Hall–Kier alpha value is -1.06. The van der Waals surface area contributed by atoms with Gasteiger partial charge in [-0.3, -0.25) is 9.09 Å². The first kappa shape index (κ1) is 4.11. The fourth-order valence-corrected chi connectivity index (χ4v) is 0.251. The topological polar surface area (TPSA) is 48.0 Å². The molecule has 0 bridgehead atoms. The van der Waals surface area contributed by atoms with Crippen LogP contribution in [0.4, 0.5) is 0 Å². The van der Waals surface area contributed by atoms with Gasteiger partial charge in [0.25, 0.3) is 0 Å². The predicted molar refractivity (Wildman–Crippen MR) is 21.7 cm³/mol. The SMILES string of the molecule is Cn1cnoc1=O. The van der Waals surface area contributed by atoms with Gasteiger partial charge in [-0.2, -0.15) is 0 Å². The summed E-state index contributed by atoms with van der Waals surface area (Å²) in [6.45, 7) is 0. The van der Waals surface area contributed by atoms with E-state index in [0.29, 0.717) is 0 Å². The van der Waals surface area contributed by atoms with Crippen LogP contribution >= 0.6 is 0 Å². The average Bonchev–Trinajstić information content (AvgIpc) is 1.91. The highest BCUT2D eigenvalue weighted by atomic mass is 16.5. The normalized spacial score (nSPS) is 9.29. The molecule has 0 spiro atoms. The molecule has 1 aromatic rings. The summed E-state index contributed by atoms with van der Waals surface area (Å²) >= 11 is 0. The van der Waals surface area contributed by atoms with E-state index >= 15 is 0 Å². The molecule has 1 rings (SSSR count). The van der Waals surface area contributed by atoms with E-state index in [1.807, 2.05) is 0 Å². The lowest BCUT2D eigenvalue weighted by atomic mass is 11.1. The third-order valence-corrected chi connectivity index (χ3v) is 0.639. The van der Waals surface area contributed by atoms with E-state index < -0.39 is 5.76 Å². The second-order valence-electron chi connectivity index (χ2n) is 1.19. The minimum absolute atomic E-state index is 0.431. The van der Waals surface area contributed by atoms with Crippen LogP contribution in [0.3, 0.4) is 0 Å². The van der Waals surface area contributed by atoms with Gasteiger partial charge in [0.05, 0.1) is 0 Å². The van der Waals surface area contributed by atoms with Crippen LogP contribution in [0.1, 0.15) is 0 Å². The molecule has 0 aliphatic heterocycles. The molecule has 0 aromatic carbocycles. The van der Waals surface area contributed by atoms with Crippen molar-refractivity contribution in [2.45, 2.75) is 0 Å². The molecular weight excluding hydrogens is 96.0 g/mol. The summed E-state index contributed by atoms with van der Waals surface area (Å²) in [5, 5.41) is 3.20. The Kier molecular flexibility index (Phi) is 0.714. The average molecular weight is 100 g/mol. The van der Waals surface area contributed by atoms with Gasteiger partial charge in [-0.15, -0.1) is 0 Å². The van der Waals surface area contributed by atoms with Crippen LogP contribution in [0.2, 0.25) is 0 Å². The van der Waals surface area contributed by atoms with Crippen molar-refractivity contribution in [2.24, 2.45) is 7.05 Å². The van der Waals surface area contributed by atoms with Gasteiger partial charge in [-0.25, -0.2) is 4.79 Å². The molecule has 0 N–H and O–H groups in total. The molecule has 0 fully saturated rings. The van der Waals surface area contributed by atoms with Crippen LogP contribution in [0, 0.1) is 0 Å². The maximum absolute atomic E-state index is 10.2. The minimum Gasteiger partial charge on any atom is -0.296 e. The van der Waals surface area contributed by atoms with E-state index in [-0.39, 0.29) is 0 Å². The van der Waals surface area contributed by atoms with Gasteiger partial charge < -0.3 is 0 Å². The highest BCUT2D eigenvalue weighted by Gasteiger charge is 1.86. The second-order valence-corrected chi connectivity index (χ2v) is 1.19. The van der Waals surface area contributed by atoms with E-state index in [1.165, 1.54) is 10.9 Å². The van der Waals surface area contributed by atoms with Crippen molar-refractivity contribution in [3.63, 3.8) is 0 Å². The second kappa shape index (κ2) is 1.22. The molecule has 4 nitrogen and oxygen atoms in total. The third-order valence-electron chi connectivity index (χ3n) is 0.639. The maximum Gasteiger partial charge on any atom is 0.441 e. The smallest absolute Gasteiger partial charge is 0.296 e. The van der Waals surface area contributed by atoms with E-state index in [4.69, 9.17) is 0 Å². The summed E-state index contributed by atoms with van der Waals surface area (Å²) in [7, 11) is 1.57. The van der Waals surface area contributed by atoms with E-state index in [0.717, 1.165) is 0 Å². The summed E-state index contributed by atoms with van der Waals surface area (Å²) in [5.41, 5.74) is 0. The predicted octanol–water partition coefficient (Wildman–Crippen LogP) is -0.627.